The highest BCUT2D eigenvalue weighted by Crippen LogP contribution is 2.26. The fraction of sp³-hybridized carbons (Fsp3) is 0.538. The van der Waals surface area contributed by atoms with Gasteiger partial charge in [0.2, 0.25) is 10.0 Å². The second-order valence-corrected chi connectivity index (χ2v) is 6.61. The number of nitrogens with one attached hydrogen (secondary N) is 1. The predicted molar refractivity (Wildman–Crippen MR) is 69.7 cm³/mol. The number of rotatable bonds is 5. The fourth-order valence-electron chi connectivity index (χ4n) is 2.08. The molecular weight excluding hydrogens is 250 g/mol. The molecule has 0 bridgehead atoms. The summed E-state index contributed by atoms with van der Waals surface area (Å²) in [6.07, 6.45) is 2.03. The van der Waals surface area contributed by atoms with Crippen LogP contribution >= 0.6 is 0 Å². The Morgan fingerprint density at radius 2 is 1.89 bits per heavy atom. The number of aliphatic hydroxyl groups is 1. The van der Waals surface area contributed by atoms with Gasteiger partial charge >= 0.3 is 0 Å². The molecule has 18 heavy (non-hydrogen) atoms. The lowest BCUT2D eigenvalue weighted by Gasteiger charge is -2.31. The molecule has 0 saturated heterocycles. The molecule has 0 spiro atoms. The molecule has 0 aliphatic heterocycles. The first-order valence-electron chi connectivity index (χ1n) is 6.28. The Morgan fingerprint density at radius 3 is 2.39 bits per heavy atom. The average Bonchev–Trinajstić information content (AvgIpc) is 2.33. The van der Waals surface area contributed by atoms with Gasteiger partial charge in [-0.05, 0) is 42.9 Å². The van der Waals surface area contributed by atoms with Crippen LogP contribution < -0.4 is 4.72 Å². The SMILES string of the molecule is CCc1ccc(S(=O)(=O)NCC2CC(O)C2)cc1. The maximum atomic E-state index is 12.0. The summed E-state index contributed by atoms with van der Waals surface area (Å²) in [7, 11) is -3.41. The summed E-state index contributed by atoms with van der Waals surface area (Å²) in [6, 6.07) is 6.94. The topological polar surface area (TPSA) is 66.4 Å². The highest BCUT2D eigenvalue weighted by molar-refractivity contribution is 7.89. The Bertz CT molecular complexity index is 489. The van der Waals surface area contributed by atoms with Gasteiger partial charge < -0.3 is 5.11 Å². The van der Waals surface area contributed by atoms with E-state index < -0.39 is 10.0 Å². The zero-order chi connectivity index (χ0) is 13.2. The van der Waals surface area contributed by atoms with Crippen molar-refractivity contribution in [2.75, 3.05) is 6.54 Å². The van der Waals surface area contributed by atoms with Gasteiger partial charge in [-0.1, -0.05) is 19.1 Å². The molecule has 0 heterocycles. The first-order valence-corrected chi connectivity index (χ1v) is 7.76. The van der Waals surface area contributed by atoms with Gasteiger partial charge in [0.1, 0.15) is 0 Å². The first-order chi connectivity index (χ1) is 8.51. The molecule has 100 valence electrons. The van der Waals surface area contributed by atoms with Crippen LogP contribution in [0.3, 0.4) is 0 Å². The van der Waals surface area contributed by atoms with E-state index in [9.17, 15) is 8.42 Å². The fourth-order valence-corrected chi connectivity index (χ4v) is 3.20. The van der Waals surface area contributed by atoms with E-state index in [1.54, 1.807) is 12.1 Å². The number of hydrogen-bond donors (Lipinski definition) is 2. The van der Waals surface area contributed by atoms with Crippen LogP contribution in [0.2, 0.25) is 0 Å². The summed E-state index contributed by atoms with van der Waals surface area (Å²) < 4.78 is 26.6. The monoisotopic (exact) mass is 269 g/mol. The van der Waals surface area contributed by atoms with Crippen LogP contribution in [0, 0.1) is 5.92 Å². The third-order valence-electron chi connectivity index (χ3n) is 3.41. The molecule has 5 heteroatoms. The molecular formula is C13H19NO3S. The standard InChI is InChI=1S/C13H19NO3S/c1-2-10-3-5-13(6-4-10)18(16,17)14-9-11-7-12(15)8-11/h3-6,11-12,14-15H,2,7-9H2,1H3. The molecule has 0 unspecified atom stereocenters. The van der Waals surface area contributed by atoms with Crippen LogP contribution in [-0.2, 0) is 16.4 Å². The lowest BCUT2D eigenvalue weighted by atomic mass is 9.83. The molecule has 1 aromatic rings. The molecule has 0 radical (unpaired) electrons. The van der Waals surface area contributed by atoms with E-state index in [0.29, 0.717) is 24.3 Å². The molecule has 2 rings (SSSR count). The summed E-state index contributed by atoms with van der Waals surface area (Å²) >= 11 is 0. The molecule has 4 nitrogen and oxygen atoms in total. The van der Waals surface area contributed by atoms with Crippen LogP contribution in [0.15, 0.2) is 29.2 Å². The van der Waals surface area contributed by atoms with E-state index in [1.165, 1.54) is 0 Å². The van der Waals surface area contributed by atoms with Crippen molar-refractivity contribution in [1.82, 2.24) is 4.72 Å². The highest BCUT2D eigenvalue weighted by Gasteiger charge is 2.28. The molecule has 1 aliphatic carbocycles. The van der Waals surface area contributed by atoms with E-state index in [1.807, 2.05) is 19.1 Å². The van der Waals surface area contributed by atoms with Crippen molar-refractivity contribution in [3.05, 3.63) is 29.8 Å². The molecule has 0 atom stereocenters. The van der Waals surface area contributed by atoms with Crippen molar-refractivity contribution in [2.24, 2.45) is 5.92 Å². The molecule has 1 saturated carbocycles. The summed E-state index contributed by atoms with van der Waals surface area (Å²) in [6.45, 7) is 2.44. The quantitative estimate of drug-likeness (QED) is 0.846. The smallest absolute Gasteiger partial charge is 0.240 e. The van der Waals surface area contributed by atoms with Gasteiger partial charge in [-0.15, -0.1) is 0 Å². The Kier molecular flexibility index (Phi) is 4.04. The number of aryl methyl sites for hydroxylation is 1. The first kappa shape index (κ1) is 13.5. The molecule has 2 N–H and O–H groups in total. The lowest BCUT2D eigenvalue weighted by molar-refractivity contribution is 0.0453. The van der Waals surface area contributed by atoms with Crippen molar-refractivity contribution in [3.8, 4) is 0 Å². The second-order valence-electron chi connectivity index (χ2n) is 4.84. The van der Waals surface area contributed by atoms with Crippen molar-refractivity contribution in [3.63, 3.8) is 0 Å². The summed E-state index contributed by atoms with van der Waals surface area (Å²) in [5, 5.41) is 9.15. The van der Waals surface area contributed by atoms with Crippen molar-refractivity contribution >= 4 is 10.0 Å². The van der Waals surface area contributed by atoms with Gasteiger partial charge in [0, 0.05) is 6.54 Å². The number of hydrogen-bond acceptors (Lipinski definition) is 3. The van der Waals surface area contributed by atoms with Gasteiger partial charge in [0.25, 0.3) is 0 Å². The second kappa shape index (κ2) is 5.38. The van der Waals surface area contributed by atoms with Gasteiger partial charge in [-0.3, -0.25) is 0 Å². The highest BCUT2D eigenvalue weighted by atomic mass is 32.2. The van der Waals surface area contributed by atoms with Gasteiger partial charge in [-0.2, -0.15) is 0 Å². The summed E-state index contributed by atoms with van der Waals surface area (Å²) in [5.74, 6) is 0.268. The molecule has 0 aromatic heterocycles. The normalized spacial score (nSPS) is 23.7. The van der Waals surface area contributed by atoms with Crippen LogP contribution in [0.1, 0.15) is 25.3 Å². The largest absolute Gasteiger partial charge is 0.393 e. The molecule has 0 amide bonds. The van der Waals surface area contributed by atoms with E-state index in [0.717, 1.165) is 12.0 Å². The van der Waals surface area contributed by atoms with E-state index >= 15 is 0 Å². The summed E-state index contributed by atoms with van der Waals surface area (Å²) in [5.41, 5.74) is 1.12. The molecule has 1 fully saturated rings. The Balaban J connectivity index is 1.96. The minimum atomic E-state index is -3.41. The van der Waals surface area contributed by atoms with Crippen LogP contribution in [-0.4, -0.2) is 26.2 Å². The Morgan fingerprint density at radius 1 is 1.28 bits per heavy atom. The Hall–Kier alpha value is -0.910. The van der Waals surface area contributed by atoms with Crippen molar-refractivity contribution < 1.29 is 13.5 Å². The van der Waals surface area contributed by atoms with E-state index in [4.69, 9.17) is 5.11 Å². The van der Waals surface area contributed by atoms with Gasteiger partial charge in [0.05, 0.1) is 11.0 Å². The molecule has 1 aromatic carbocycles. The Labute approximate surface area is 108 Å². The van der Waals surface area contributed by atoms with Crippen molar-refractivity contribution in [1.29, 1.82) is 0 Å². The third kappa shape index (κ3) is 3.10. The number of sulfonamides is 1. The zero-order valence-electron chi connectivity index (χ0n) is 10.5. The number of aliphatic hydroxyl groups excluding tert-OH is 1. The lowest BCUT2D eigenvalue weighted by Crippen LogP contribution is -2.38. The third-order valence-corrected chi connectivity index (χ3v) is 4.85. The van der Waals surface area contributed by atoms with E-state index in [2.05, 4.69) is 4.72 Å². The minimum Gasteiger partial charge on any atom is -0.393 e. The maximum absolute atomic E-state index is 12.0. The van der Waals surface area contributed by atoms with Gasteiger partial charge in [0.15, 0.2) is 0 Å². The van der Waals surface area contributed by atoms with Crippen LogP contribution in [0.5, 0.6) is 0 Å². The van der Waals surface area contributed by atoms with Crippen LogP contribution in [0.4, 0.5) is 0 Å². The summed E-state index contributed by atoms with van der Waals surface area (Å²) in [4.78, 5) is 0.305. The van der Waals surface area contributed by atoms with Crippen molar-refractivity contribution in [2.45, 2.75) is 37.2 Å². The molecule has 1 aliphatic rings. The van der Waals surface area contributed by atoms with Gasteiger partial charge in [-0.25, -0.2) is 13.1 Å². The maximum Gasteiger partial charge on any atom is 0.240 e. The average molecular weight is 269 g/mol. The minimum absolute atomic E-state index is 0.247. The van der Waals surface area contributed by atoms with Crippen LogP contribution in [0.25, 0.3) is 0 Å². The van der Waals surface area contributed by atoms with E-state index in [-0.39, 0.29) is 12.0 Å². The number of benzene rings is 1. The zero-order valence-corrected chi connectivity index (χ0v) is 11.3. The predicted octanol–water partition coefficient (Wildman–Crippen LogP) is 1.30.